The van der Waals surface area contributed by atoms with Gasteiger partial charge in [-0.25, -0.2) is 9.97 Å². The van der Waals surface area contributed by atoms with Crippen LogP contribution in [-0.2, 0) is 0 Å². The van der Waals surface area contributed by atoms with E-state index in [-0.39, 0.29) is 0 Å². The van der Waals surface area contributed by atoms with Crippen molar-refractivity contribution < 1.29 is 0 Å². The first-order valence-electron chi connectivity index (χ1n) is 5.51. The number of rotatable bonds is 3. The first-order chi connectivity index (χ1) is 7.49. The topological polar surface area (TPSA) is 38.1 Å². The molecule has 3 nitrogen and oxygen atoms in total. The molecule has 1 aromatic rings. The minimum Gasteiger partial charge on any atom is -0.266 e. The van der Waals surface area contributed by atoms with Crippen LogP contribution in [0, 0.1) is 19.8 Å². The Morgan fingerprint density at radius 1 is 1.38 bits per heavy atom. The Kier molecular flexibility index (Phi) is 4.35. The second kappa shape index (κ2) is 5.54. The number of aromatic nitrogens is 2. The second-order valence-corrected chi connectivity index (χ2v) is 4.29. The second-order valence-electron chi connectivity index (χ2n) is 4.29. The quantitative estimate of drug-likeness (QED) is 0.729. The van der Waals surface area contributed by atoms with E-state index in [1.165, 1.54) is 0 Å². The molecule has 0 atom stereocenters. The third-order valence-corrected chi connectivity index (χ3v) is 2.05. The Bertz CT molecular complexity index is 417. The van der Waals surface area contributed by atoms with Crippen LogP contribution in [0.5, 0.6) is 0 Å². The third-order valence-electron chi connectivity index (χ3n) is 2.05. The van der Waals surface area contributed by atoms with Crippen LogP contribution in [0.2, 0.25) is 0 Å². The Labute approximate surface area is 97.4 Å². The van der Waals surface area contributed by atoms with E-state index in [0.29, 0.717) is 5.92 Å². The minimum atomic E-state index is 0.469. The first-order valence-corrected chi connectivity index (χ1v) is 5.51. The van der Waals surface area contributed by atoms with Crippen LogP contribution in [0.15, 0.2) is 16.9 Å². The fourth-order valence-corrected chi connectivity index (χ4v) is 1.20. The van der Waals surface area contributed by atoms with Crippen molar-refractivity contribution in [3.05, 3.63) is 29.0 Å². The molecule has 16 heavy (non-hydrogen) atoms. The molecule has 0 aliphatic carbocycles. The van der Waals surface area contributed by atoms with Gasteiger partial charge < -0.3 is 0 Å². The van der Waals surface area contributed by atoms with Gasteiger partial charge in [-0.3, -0.25) is 4.99 Å². The lowest BCUT2D eigenvalue weighted by molar-refractivity contribution is 0.904. The Morgan fingerprint density at radius 3 is 2.69 bits per heavy atom. The van der Waals surface area contributed by atoms with Gasteiger partial charge in [0.2, 0.25) is 0 Å². The van der Waals surface area contributed by atoms with Gasteiger partial charge in [0.05, 0.1) is 5.69 Å². The van der Waals surface area contributed by atoms with Crippen molar-refractivity contribution in [3.8, 4) is 0 Å². The maximum atomic E-state index is 4.38. The molecule has 0 saturated carbocycles. The van der Waals surface area contributed by atoms with Crippen LogP contribution in [-0.4, -0.2) is 16.2 Å². The average molecular weight is 217 g/mol. The van der Waals surface area contributed by atoms with Gasteiger partial charge in [-0.2, -0.15) is 0 Å². The highest BCUT2D eigenvalue weighted by Crippen LogP contribution is 2.09. The van der Waals surface area contributed by atoms with E-state index in [9.17, 15) is 0 Å². The number of aliphatic imine (C=N–C) groups is 1. The monoisotopic (exact) mass is 217 g/mol. The summed E-state index contributed by atoms with van der Waals surface area (Å²) < 4.78 is 0. The summed E-state index contributed by atoms with van der Waals surface area (Å²) in [6, 6.07) is 0. The van der Waals surface area contributed by atoms with Gasteiger partial charge in [0.1, 0.15) is 5.82 Å². The Morgan fingerprint density at radius 2 is 2.06 bits per heavy atom. The third kappa shape index (κ3) is 3.93. The van der Waals surface area contributed by atoms with Crippen LogP contribution in [0.3, 0.4) is 0 Å². The molecule has 0 N–H and O–H groups in total. The van der Waals surface area contributed by atoms with E-state index in [1.807, 2.05) is 39.3 Å². The summed E-state index contributed by atoms with van der Waals surface area (Å²) >= 11 is 0. The lowest BCUT2D eigenvalue weighted by Gasteiger charge is -2.01. The van der Waals surface area contributed by atoms with Gasteiger partial charge in [0.25, 0.3) is 0 Å². The molecule has 86 valence electrons. The highest BCUT2D eigenvalue weighted by molar-refractivity contribution is 5.63. The molecule has 0 aliphatic rings. The molecule has 1 heterocycles. The predicted molar refractivity (Wildman–Crippen MR) is 68.5 cm³/mol. The number of allylic oxidation sites excluding steroid dienone is 1. The summed E-state index contributed by atoms with van der Waals surface area (Å²) in [5.41, 5.74) is 2.99. The number of aryl methyl sites for hydroxylation is 2. The van der Waals surface area contributed by atoms with Crippen molar-refractivity contribution in [2.24, 2.45) is 10.9 Å². The van der Waals surface area contributed by atoms with Gasteiger partial charge in [0.15, 0.2) is 0 Å². The lowest BCUT2D eigenvalue weighted by Crippen LogP contribution is -1.94. The summed E-state index contributed by atoms with van der Waals surface area (Å²) in [7, 11) is 0. The van der Waals surface area contributed by atoms with Crippen molar-refractivity contribution in [2.75, 3.05) is 0 Å². The van der Waals surface area contributed by atoms with Crippen LogP contribution in [0.1, 0.15) is 37.9 Å². The van der Waals surface area contributed by atoms with E-state index in [0.717, 1.165) is 22.8 Å². The molecular formula is C13H19N3. The maximum absolute atomic E-state index is 4.38. The predicted octanol–water partition coefficient (Wildman–Crippen LogP) is 3.18. The number of hydrogen-bond donors (Lipinski definition) is 0. The normalized spacial score (nSPS) is 12.8. The SMILES string of the molecule is C/C(=C\c1nc(C)ncc1C)N=CC(C)C. The molecule has 3 heteroatoms. The van der Waals surface area contributed by atoms with Gasteiger partial charge in [0, 0.05) is 18.1 Å². The Balaban J connectivity index is 2.93. The summed E-state index contributed by atoms with van der Waals surface area (Å²) in [6.07, 6.45) is 5.77. The zero-order valence-corrected chi connectivity index (χ0v) is 10.7. The molecule has 0 aliphatic heterocycles. The maximum Gasteiger partial charge on any atom is 0.125 e. The largest absolute Gasteiger partial charge is 0.266 e. The Hall–Kier alpha value is -1.51. The molecule has 0 radical (unpaired) electrons. The van der Waals surface area contributed by atoms with Crippen molar-refractivity contribution in [1.82, 2.24) is 9.97 Å². The molecular weight excluding hydrogens is 198 g/mol. The molecule has 0 amide bonds. The molecule has 1 aromatic heterocycles. The van der Waals surface area contributed by atoms with Crippen molar-refractivity contribution >= 4 is 12.3 Å². The van der Waals surface area contributed by atoms with Crippen LogP contribution >= 0.6 is 0 Å². The van der Waals surface area contributed by atoms with E-state index in [2.05, 4.69) is 28.8 Å². The smallest absolute Gasteiger partial charge is 0.125 e. The van der Waals surface area contributed by atoms with E-state index in [4.69, 9.17) is 0 Å². The fourth-order valence-electron chi connectivity index (χ4n) is 1.20. The number of hydrogen-bond acceptors (Lipinski definition) is 3. The van der Waals surface area contributed by atoms with E-state index >= 15 is 0 Å². The van der Waals surface area contributed by atoms with Gasteiger partial charge in [-0.05, 0) is 38.3 Å². The van der Waals surface area contributed by atoms with Gasteiger partial charge >= 0.3 is 0 Å². The molecule has 0 saturated heterocycles. The zero-order valence-electron chi connectivity index (χ0n) is 10.7. The summed E-state index contributed by atoms with van der Waals surface area (Å²) in [5.74, 6) is 1.26. The molecule has 0 bridgehead atoms. The fraction of sp³-hybridized carbons (Fsp3) is 0.462. The van der Waals surface area contributed by atoms with Crippen LogP contribution in [0.25, 0.3) is 6.08 Å². The van der Waals surface area contributed by atoms with Crippen LogP contribution < -0.4 is 0 Å². The first kappa shape index (κ1) is 12.6. The van der Waals surface area contributed by atoms with E-state index < -0.39 is 0 Å². The summed E-state index contributed by atoms with van der Waals surface area (Å²) in [5, 5.41) is 0. The summed E-state index contributed by atoms with van der Waals surface area (Å²) in [4.78, 5) is 12.9. The van der Waals surface area contributed by atoms with E-state index in [1.54, 1.807) is 0 Å². The molecule has 1 rings (SSSR count). The molecule has 0 fully saturated rings. The molecule has 0 unspecified atom stereocenters. The minimum absolute atomic E-state index is 0.469. The van der Waals surface area contributed by atoms with Crippen molar-refractivity contribution in [2.45, 2.75) is 34.6 Å². The highest BCUT2D eigenvalue weighted by atomic mass is 14.9. The molecule has 0 spiro atoms. The number of nitrogens with zero attached hydrogens (tertiary/aromatic N) is 3. The average Bonchev–Trinajstić information content (AvgIpc) is 2.20. The highest BCUT2D eigenvalue weighted by Gasteiger charge is 1.98. The standard InChI is InChI=1S/C13H19N3/c1-9(2)7-14-11(4)6-13-10(3)8-15-12(5)16-13/h6-9H,1-5H3/b11-6+,14-7?. The van der Waals surface area contributed by atoms with Crippen molar-refractivity contribution in [1.29, 1.82) is 0 Å². The lowest BCUT2D eigenvalue weighted by atomic mass is 10.2. The molecule has 0 aromatic carbocycles. The van der Waals surface area contributed by atoms with Gasteiger partial charge in [-0.15, -0.1) is 0 Å². The zero-order chi connectivity index (χ0) is 12.1. The van der Waals surface area contributed by atoms with Gasteiger partial charge in [-0.1, -0.05) is 13.8 Å². The van der Waals surface area contributed by atoms with Crippen molar-refractivity contribution in [3.63, 3.8) is 0 Å². The summed E-state index contributed by atoms with van der Waals surface area (Å²) in [6.45, 7) is 10.1. The van der Waals surface area contributed by atoms with Crippen LogP contribution in [0.4, 0.5) is 0 Å².